The largest absolute Gasteiger partial charge is 0.362 e. The summed E-state index contributed by atoms with van der Waals surface area (Å²) >= 11 is 12.1. The number of pyridine rings is 2. The molecule has 0 aliphatic heterocycles. The molecule has 7 nitrogen and oxygen atoms in total. The molecule has 0 aliphatic carbocycles. The van der Waals surface area contributed by atoms with Crippen LogP contribution in [-0.4, -0.2) is 48.8 Å². The normalized spacial score (nSPS) is 11.4. The fraction of sp³-hybridized carbons (Fsp3) is 0.217. The van der Waals surface area contributed by atoms with Crippen LogP contribution in [-0.2, 0) is 9.47 Å². The highest BCUT2D eigenvalue weighted by Crippen LogP contribution is 2.25. The van der Waals surface area contributed by atoms with Crippen LogP contribution in [0.15, 0.2) is 60.9 Å². The summed E-state index contributed by atoms with van der Waals surface area (Å²) in [6.45, 7) is 1.54. The average molecular weight is 472 g/mol. The Morgan fingerprint density at radius 2 is 1.22 bits per heavy atom. The topological polar surface area (TPSA) is 71.5 Å². The maximum Gasteiger partial charge on any atom is 0.118 e. The second-order valence-corrected chi connectivity index (χ2v) is 8.08. The van der Waals surface area contributed by atoms with E-state index in [1.165, 1.54) is 0 Å². The summed E-state index contributed by atoms with van der Waals surface area (Å²) in [5.41, 5.74) is 3.57. The molecular weight excluding hydrogens is 449 g/mol. The van der Waals surface area contributed by atoms with Crippen molar-refractivity contribution in [2.24, 2.45) is 0 Å². The van der Waals surface area contributed by atoms with Crippen LogP contribution in [0.1, 0.15) is 0 Å². The van der Waals surface area contributed by atoms with Gasteiger partial charge in [-0.1, -0.05) is 23.2 Å². The molecule has 0 spiro atoms. The van der Waals surface area contributed by atoms with Crippen molar-refractivity contribution in [1.29, 1.82) is 0 Å². The number of nitrogens with one attached hydrogen (secondary N) is 2. The van der Waals surface area contributed by atoms with Crippen molar-refractivity contribution in [3.05, 3.63) is 71.0 Å². The molecule has 0 saturated heterocycles. The van der Waals surface area contributed by atoms with Crippen LogP contribution >= 0.6 is 23.2 Å². The molecule has 2 heterocycles. The Labute approximate surface area is 196 Å². The van der Waals surface area contributed by atoms with E-state index in [9.17, 15) is 0 Å². The first-order valence-electron chi connectivity index (χ1n) is 10.0. The lowest BCUT2D eigenvalue weighted by molar-refractivity contribution is -0.0216. The zero-order valence-corrected chi connectivity index (χ0v) is 19.0. The molecule has 166 valence electrons. The summed E-state index contributed by atoms with van der Waals surface area (Å²) < 4.78 is 11.4. The van der Waals surface area contributed by atoms with E-state index in [0.717, 1.165) is 33.2 Å². The fourth-order valence-electron chi connectivity index (χ4n) is 3.25. The van der Waals surface area contributed by atoms with Crippen LogP contribution < -0.4 is 10.6 Å². The molecule has 0 aliphatic rings. The third-order valence-corrected chi connectivity index (χ3v) is 5.23. The average Bonchev–Trinajstić information content (AvgIpc) is 2.79. The maximum absolute atomic E-state index is 6.04. The number of hydrogen-bond acceptors (Lipinski definition) is 7. The molecule has 4 aromatic rings. The third kappa shape index (κ3) is 5.76. The molecule has 4 rings (SSSR count). The van der Waals surface area contributed by atoms with Crippen molar-refractivity contribution in [3.63, 3.8) is 0 Å². The fourth-order valence-corrected chi connectivity index (χ4v) is 3.58. The van der Waals surface area contributed by atoms with Gasteiger partial charge in [0, 0.05) is 44.6 Å². The van der Waals surface area contributed by atoms with Crippen LogP contribution in [0.25, 0.3) is 21.8 Å². The van der Waals surface area contributed by atoms with E-state index in [4.69, 9.17) is 32.7 Å². The molecule has 2 N–H and O–H groups in total. The number of anilines is 2. The van der Waals surface area contributed by atoms with Crippen LogP contribution in [0.4, 0.5) is 11.4 Å². The Bertz CT molecular complexity index is 1110. The molecule has 2 aromatic heterocycles. The minimum absolute atomic E-state index is 0.357. The van der Waals surface area contributed by atoms with Crippen molar-refractivity contribution < 1.29 is 9.47 Å². The van der Waals surface area contributed by atoms with Crippen LogP contribution in [0.2, 0.25) is 10.0 Å². The van der Waals surface area contributed by atoms with E-state index in [0.29, 0.717) is 37.0 Å². The minimum atomic E-state index is 0.357. The highest BCUT2D eigenvalue weighted by Gasteiger charge is 2.05. The Hall–Kier alpha value is -2.68. The van der Waals surface area contributed by atoms with E-state index in [1.807, 2.05) is 60.5 Å². The van der Waals surface area contributed by atoms with Crippen molar-refractivity contribution in [1.82, 2.24) is 14.9 Å². The van der Waals surface area contributed by atoms with E-state index in [1.54, 1.807) is 12.4 Å². The third-order valence-electron chi connectivity index (χ3n) is 4.76. The molecule has 2 aromatic carbocycles. The zero-order chi connectivity index (χ0) is 22.3. The summed E-state index contributed by atoms with van der Waals surface area (Å²) in [6.07, 6.45) is 3.49. The number of ether oxygens (including phenoxy) is 2. The Morgan fingerprint density at radius 1 is 0.750 bits per heavy atom. The van der Waals surface area contributed by atoms with Gasteiger partial charge in [-0.05, 0) is 55.6 Å². The van der Waals surface area contributed by atoms with Gasteiger partial charge in [0.2, 0.25) is 0 Å². The van der Waals surface area contributed by atoms with Gasteiger partial charge in [-0.2, -0.15) is 0 Å². The summed E-state index contributed by atoms with van der Waals surface area (Å²) in [4.78, 5) is 10.6. The van der Waals surface area contributed by atoms with E-state index >= 15 is 0 Å². The minimum Gasteiger partial charge on any atom is -0.362 e. The zero-order valence-electron chi connectivity index (χ0n) is 17.5. The highest BCUT2D eigenvalue weighted by molar-refractivity contribution is 6.31. The molecule has 0 atom stereocenters. The second kappa shape index (κ2) is 10.8. The molecule has 0 bridgehead atoms. The predicted molar refractivity (Wildman–Crippen MR) is 130 cm³/mol. The first kappa shape index (κ1) is 22.5. The van der Waals surface area contributed by atoms with Crippen LogP contribution in [0.5, 0.6) is 0 Å². The molecule has 0 saturated carbocycles. The molecule has 9 heteroatoms. The van der Waals surface area contributed by atoms with E-state index in [2.05, 4.69) is 20.6 Å². The summed E-state index contributed by atoms with van der Waals surface area (Å²) in [5, 5.41) is 9.86. The van der Waals surface area contributed by atoms with Gasteiger partial charge >= 0.3 is 0 Å². The second-order valence-electron chi connectivity index (χ2n) is 7.20. The van der Waals surface area contributed by atoms with Gasteiger partial charge in [-0.25, -0.2) is 0 Å². The highest BCUT2D eigenvalue weighted by atomic mass is 35.5. The number of aromatic nitrogens is 2. The predicted octanol–water partition coefficient (Wildman–Crippen LogP) is 5.41. The molecule has 0 unspecified atom stereocenters. The van der Waals surface area contributed by atoms with E-state index < -0.39 is 0 Å². The summed E-state index contributed by atoms with van der Waals surface area (Å²) in [5.74, 6) is 0. The van der Waals surface area contributed by atoms with E-state index in [-0.39, 0.29) is 0 Å². The van der Waals surface area contributed by atoms with Crippen molar-refractivity contribution >= 4 is 56.4 Å². The Kier molecular flexibility index (Phi) is 7.57. The lowest BCUT2D eigenvalue weighted by atomic mass is 10.2. The first-order chi connectivity index (χ1) is 15.6. The van der Waals surface area contributed by atoms with Crippen LogP contribution in [0.3, 0.4) is 0 Å². The lowest BCUT2D eigenvalue weighted by Gasteiger charge is -2.18. The number of nitrogens with zero attached hydrogens (tertiary/aromatic N) is 3. The molecular formula is C23H23Cl2N5O2. The van der Waals surface area contributed by atoms with Gasteiger partial charge in [0.15, 0.2) is 0 Å². The SMILES string of the molecule is CN(COCNc1ccnc2cc(Cl)ccc12)COCNc1ccnc2cc(Cl)ccc12. The lowest BCUT2D eigenvalue weighted by Crippen LogP contribution is -2.27. The Balaban J connectivity index is 1.18. The number of benzene rings is 2. The number of fused-ring (bicyclic) bond motifs is 2. The summed E-state index contributed by atoms with van der Waals surface area (Å²) in [7, 11) is 1.92. The van der Waals surface area contributed by atoms with Gasteiger partial charge in [0.25, 0.3) is 0 Å². The maximum atomic E-state index is 6.04. The summed E-state index contributed by atoms with van der Waals surface area (Å²) in [6, 6.07) is 15.1. The van der Waals surface area contributed by atoms with Gasteiger partial charge < -0.3 is 20.1 Å². The number of rotatable bonds is 10. The molecule has 0 radical (unpaired) electrons. The number of halogens is 2. The number of hydrogen-bond donors (Lipinski definition) is 2. The van der Waals surface area contributed by atoms with Crippen molar-refractivity contribution in [3.8, 4) is 0 Å². The standard InChI is InChI=1S/C23H23Cl2N5O2/c1-30(14-31-12-28-20-6-8-26-22-10-16(24)2-4-18(20)22)15-32-13-29-21-7-9-27-23-11-17(25)3-5-19(21)23/h2-11H,12-15H2,1H3,(H,26,28)(H,27,29). The van der Waals surface area contributed by atoms with Gasteiger partial charge in [-0.3, -0.25) is 14.9 Å². The molecule has 32 heavy (non-hydrogen) atoms. The van der Waals surface area contributed by atoms with Crippen LogP contribution in [0, 0.1) is 0 Å². The van der Waals surface area contributed by atoms with Crippen molar-refractivity contribution in [2.75, 3.05) is 44.6 Å². The molecule has 0 amide bonds. The van der Waals surface area contributed by atoms with Crippen molar-refractivity contribution in [2.45, 2.75) is 0 Å². The van der Waals surface area contributed by atoms with Gasteiger partial charge in [-0.15, -0.1) is 0 Å². The monoisotopic (exact) mass is 471 g/mol. The molecule has 0 fully saturated rings. The first-order valence-corrected chi connectivity index (χ1v) is 10.8. The van der Waals surface area contributed by atoms with Gasteiger partial charge in [0.05, 0.1) is 11.0 Å². The smallest absolute Gasteiger partial charge is 0.118 e. The Morgan fingerprint density at radius 3 is 1.69 bits per heavy atom. The quantitative estimate of drug-likeness (QED) is 0.236. The van der Waals surface area contributed by atoms with Gasteiger partial charge in [0.1, 0.15) is 26.9 Å².